The van der Waals surface area contributed by atoms with Crippen LogP contribution in [-0.2, 0) is 17.7 Å². The van der Waals surface area contributed by atoms with Crippen molar-refractivity contribution in [1.82, 2.24) is 14.9 Å². The molecule has 3 heterocycles. The Balaban J connectivity index is 1.87. The van der Waals surface area contributed by atoms with Gasteiger partial charge in [0, 0.05) is 65.9 Å². The van der Waals surface area contributed by atoms with Crippen molar-refractivity contribution in [2.75, 3.05) is 63.8 Å². The number of aromatic nitrogens is 2. The van der Waals surface area contributed by atoms with Gasteiger partial charge in [0.2, 0.25) is 5.95 Å². The third-order valence-corrected chi connectivity index (χ3v) is 4.53. The summed E-state index contributed by atoms with van der Waals surface area (Å²) in [5, 5.41) is 0. The standard InChI is InChI=1S/C16H27N5O/c1-19(2)15-13-12-20(10-11-22-3)9-6-14(13)17-16(18-15)21-7-4-5-8-21/h4-12H2,1-3H3. The summed E-state index contributed by atoms with van der Waals surface area (Å²) in [6.45, 7) is 5.90. The van der Waals surface area contributed by atoms with Crippen molar-refractivity contribution in [1.29, 1.82) is 0 Å². The third-order valence-electron chi connectivity index (χ3n) is 4.53. The summed E-state index contributed by atoms with van der Waals surface area (Å²) in [5.41, 5.74) is 2.52. The van der Waals surface area contributed by atoms with E-state index < -0.39 is 0 Å². The molecule has 0 spiro atoms. The average molecular weight is 305 g/mol. The Labute approximate surface area is 133 Å². The summed E-state index contributed by atoms with van der Waals surface area (Å²) in [4.78, 5) is 16.6. The summed E-state index contributed by atoms with van der Waals surface area (Å²) in [6, 6.07) is 0. The van der Waals surface area contributed by atoms with Gasteiger partial charge in [-0.15, -0.1) is 0 Å². The van der Waals surface area contributed by atoms with E-state index in [0.29, 0.717) is 0 Å². The number of anilines is 2. The second-order valence-corrected chi connectivity index (χ2v) is 6.38. The maximum atomic E-state index is 5.21. The van der Waals surface area contributed by atoms with E-state index in [9.17, 15) is 0 Å². The molecule has 1 fully saturated rings. The molecule has 1 saturated heterocycles. The molecule has 0 saturated carbocycles. The molecule has 0 amide bonds. The molecular formula is C16H27N5O. The van der Waals surface area contributed by atoms with E-state index in [1.54, 1.807) is 7.11 Å². The molecule has 122 valence electrons. The van der Waals surface area contributed by atoms with Crippen LogP contribution in [0, 0.1) is 0 Å². The van der Waals surface area contributed by atoms with Gasteiger partial charge in [-0.25, -0.2) is 4.98 Å². The molecule has 1 aromatic heterocycles. The summed E-state index contributed by atoms with van der Waals surface area (Å²) in [6.07, 6.45) is 3.51. The molecule has 0 atom stereocenters. The van der Waals surface area contributed by atoms with Crippen LogP contribution in [0.4, 0.5) is 11.8 Å². The van der Waals surface area contributed by atoms with Crippen LogP contribution >= 0.6 is 0 Å². The molecule has 0 unspecified atom stereocenters. The lowest BCUT2D eigenvalue weighted by atomic mass is 10.1. The maximum Gasteiger partial charge on any atom is 0.227 e. The topological polar surface area (TPSA) is 44.7 Å². The summed E-state index contributed by atoms with van der Waals surface area (Å²) >= 11 is 0. The summed E-state index contributed by atoms with van der Waals surface area (Å²) in [7, 11) is 5.91. The predicted molar refractivity (Wildman–Crippen MR) is 88.7 cm³/mol. The molecular weight excluding hydrogens is 278 g/mol. The molecule has 1 aromatic rings. The monoisotopic (exact) mass is 305 g/mol. The first-order valence-corrected chi connectivity index (χ1v) is 8.22. The van der Waals surface area contributed by atoms with Crippen LogP contribution in [0.3, 0.4) is 0 Å². The van der Waals surface area contributed by atoms with Gasteiger partial charge in [-0.05, 0) is 12.8 Å². The van der Waals surface area contributed by atoms with Crippen molar-refractivity contribution in [2.24, 2.45) is 0 Å². The molecule has 2 aliphatic rings. The molecule has 22 heavy (non-hydrogen) atoms. The Morgan fingerprint density at radius 3 is 2.59 bits per heavy atom. The van der Waals surface area contributed by atoms with Crippen molar-refractivity contribution in [3.63, 3.8) is 0 Å². The lowest BCUT2D eigenvalue weighted by molar-refractivity contribution is 0.140. The predicted octanol–water partition coefficient (Wildman–Crippen LogP) is 1.15. The zero-order valence-electron chi connectivity index (χ0n) is 14.0. The van der Waals surface area contributed by atoms with Gasteiger partial charge in [-0.3, -0.25) is 4.90 Å². The number of ether oxygens (including phenoxy) is 1. The van der Waals surface area contributed by atoms with Gasteiger partial charge in [-0.2, -0.15) is 4.98 Å². The molecule has 0 N–H and O–H groups in total. The zero-order chi connectivity index (χ0) is 15.5. The van der Waals surface area contributed by atoms with Gasteiger partial charge in [0.05, 0.1) is 12.3 Å². The average Bonchev–Trinajstić information content (AvgIpc) is 3.06. The smallest absolute Gasteiger partial charge is 0.227 e. The maximum absolute atomic E-state index is 5.21. The lowest BCUT2D eigenvalue weighted by Crippen LogP contribution is -2.35. The quantitative estimate of drug-likeness (QED) is 0.813. The van der Waals surface area contributed by atoms with Crippen molar-refractivity contribution >= 4 is 11.8 Å². The van der Waals surface area contributed by atoms with E-state index in [2.05, 4.69) is 28.8 Å². The Morgan fingerprint density at radius 1 is 1.14 bits per heavy atom. The number of nitrogens with zero attached hydrogens (tertiary/aromatic N) is 5. The molecule has 0 aromatic carbocycles. The van der Waals surface area contributed by atoms with Gasteiger partial charge in [0.25, 0.3) is 0 Å². The fourth-order valence-electron chi connectivity index (χ4n) is 3.28. The number of hydrogen-bond donors (Lipinski definition) is 0. The molecule has 6 nitrogen and oxygen atoms in total. The van der Waals surface area contributed by atoms with Crippen molar-refractivity contribution in [3.05, 3.63) is 11.3 Å². The highest BCUT2D eigenvalue weighted by Crippen LogP contribution is 2.28. The van der Waals surface area contributed by atoms with Gasteiger partial charge in [0.1, 0.15) is 5.82 Å². The van der Waals surface area contributed by atoms with Crippen LogP contribution in [0.15, 0.2) is 0 Å². The minimum absolute atomic E-state index is 0.777. The van der Waals surface area contributed by atoms with Crippen LogP contribution in [-0.4, -0.2) is 68.9 Å². The Hall–Kier alpha value is -1.40. The van der Waals surface area contributed by atoms with Crippen LogP contribution < -0.4 is 9.80 Å². The fourth-order valence-corrected chi connectivity index (χ4v) is 3.28. The Bertz CT molecular complexity index is 514. The third kappa shape index (κ3) is 3.17. The van der Waals surface area contributed by atoms with E-state index in [1.807, 2.05) is 0 Å². The highest BCUT2D eigenvalue weighted by molar-refractivity contribution is 5.53. The number of fused-ring (bicyclic) bond motifs is 1. The molecule has 2 aliphatic heterocycles. The van der Waals surface area contributed by atoms with Gasteiger partial charge in [-0.1, -0.05) is 0 Å². The molecule has 0 aliphatic carbocycles. The van der Waals surface area contributed by atoms with Crippen LogP contribution in [0.1, 0.15) is 24.1 Å². The van der Waals surface area contributed by atoms with E-state index >= 15 is 0 Å². The van der Waals surface area contributed by atoms with Gasteiger partial charge < -0.3 is 14.5 Å². The number of hydrogen-bond acceptors (Lipinski definition) is 6. The van der Waals surface area contributed by atoms with E-state index in [1.165, 1.54) is 24.1 Å². The van der Waals surface area contributed by atoms with Crippen LogP contribution in [0.25, 0.3) is 0 Å². The van der Waals surface area contributed by atoms with Crippen LogP contribution in [0.5, 0.6) is 0 Å². The largest absolute Gasteiger partial charge is 0.383 e. The molecule has 6 heteroatoms. The van der Waals surface area contributed by atoms with Crippen molar-refractivity contribution in [3.8, 4) is 0 Å². The Morgan fingerprint density at radius 2 is 1.91 bits per heavy atom. The zero-order valence-corrected chi connectivity index (χ0v) is 14.0. The first-order valence-electron chi connectivity index (χ1n) is 8.22. The van der Waals surface area contributed by atoms with Crippen LogP contribution in [0.2, 0.25) is 0 Å². The highest BCUT2D eigenvalue weighted by Gasteiger charge is 2.25. The van der Waals surface area contributed by atoms with Gasteiger partial charge in [0.15, 0.2) is 0 Å². The first kappa shape index (κ1) is 15.5. The molecule has 0 bridgehead atoms. The van der Waals surface area contributed by atoms with E-state index in [0.717, 1.165) is 57.5 Å². The van der Waals surface area contributed by atoms with E-state index in [4.69, 9.17) is 14.7 Å². The lowest BCUT2D eigenvalue weighted by Gasteiger charge is -2.31. The first-order chi connectivity index (χ1) is 10.7. The number of rotatable bonds is 5. The van der Waals surface area contributed by atoms with E-state index in [-0.39, 0.29) is 0 Å². The second kappa shape index (κ2) is 6.79. The minimum atomic E-state index is 0.777. The fraction of sp³-hybridized carbons (Fsp3) is 0.750. The summed E-state index contributed by atoms with van der Waals surface area (Å²) in [5.74, 6) is 2.00. The minimum Gasteiger partial charge on any atom is -0.383 e. The molecule has 3 rings (SSSR count). The second-order valence-electron chi connectivity index (χ2n) is 6.38. The van der Waals surface area contributed by atoms with Crippen molar-refractivity contribution in [2.45, 2.75) is 25.8 Å². The highest BCUT2D eigenvalue weighted by atomic mass is 16.5. The molecule has 0 radical (unpaired) electrons. The normalized spacial score (nSPS) is 18.6. The summed E-state index contributed by atoms with van der Waals surface area (Å²) < 4.78 is 5.21. The Kier molecular flexibility index (Phi) is 4.78. The van der Waals surface area contributed by atoms with Crippen molar-refractivity contribution < 1.29 is 4.74 Å². The SMILES string of the molecule is COCCN1CCc2nc(N3CCCC3)nc(N(C)C)c2C1. The van der Waals surface area contributed by atoms with Gasteiger partial charge >= 0.3 is 0 Å². The number of methoxy groups -OCH3 is 1.